The summed E-state index contributed by atoms with van der Waals surface area (Å²) in [6.07, 6.45) is 6.27. The molecule has 1 aliphatic heterocycles. The SMILES string of the molecule is CCc1nn(CC)c(CN2CCCCC2CCNC)c1Br. The molecule has 0 bridgehead atoms. The van der Waals surface area contributed by atoms with Crippen LogP contribution in [0.15, 0.2) is 4.47 Å². The van der Waals surface area contributed by atoms with Crippen molar-refractivity contribution in [2.45, 2.75) is 65.1 Å². The maximum absolute atomic E-state index is 4.73. The number of halogens is 1. The van der Waals surface area contributed by atoms with E-state index in [4.69, 9.17) is 5.10 Å². The van der Waals surface area contributed by atoms with Gasteiger partial charge in [-0.3, -0.25) is 9.58 Å². The summed E-state index contributed by atoms with van der Waals surface area (Å²) in [6, 6.07) is 0.711. The molecule has 2 rings (SSSR count). The molecule has 0 radical (unpaired) electrons. The smallest absolute Gasteiger partial charge is 0.0767 e. The minimum Gasteiger partial charge on any atom is -0.320 e. The zero-order valence-corrected chi connectivity index (χ0v) is 15.2. The number of aromatic nitrogens is 2. The van der Waals surface area contributed by atoms with E-state index in [1.165, 1.54) is 48.1 Å². The van der Waals surface area contributed by atoms with Gasteiger partial charge in [0.2, 0.25) is 0 Å². The topological polar surface area (TPSA) is 33.1 Å². The van der Waals surface area contributed by atoms with E-state index >= 15 is 0 Å². The summed E-state index contributed by atoms with van der Waals surface area (Å²) >= 11 is 3.78. The highest BCUT2D eigenvalue weighted by atomic mass is 79.9. The molecule has 5 heteroatoms. The molecule has 1 aromatic heterocycles. The Bertz CT molecular complexity index is 444. The van der Waals surface area contributed by atoms with Gasteiger partial charge in [0.15, 0.2) is 0 Å². The summed E-state index contributed by atoms with van der Waals surface area (Å²) in [5.41, 5.74) is 2.54. The number of nitrogens with one attached hydrogen (secondary N) is 1. The first-order valence-corrected chi connectivity index (χ1v) is 9.13. The molecule has 4 nitrogen and oxygen atoms in total. The summed E-state index contributed by atoms with van der Waals surface area (Å²) < 4.78 is 3.40. The highest BCUT2D eigenvalue weighted by Gasteiger charge is 2.25. The van der Waals surface area contributed by atoms with Crippen LogP contribution >= 0.6 is 15.9 Å². The summed E-state index contributed by atoms with van der Waals surface area (Å²) in [4.78, 5) is 2.66. The third-order valence-corrected chi connectivity index (χ3v) is 5.44. The van der Waals surface area contributed by atoms with Gasteiger partial charge in [-0.25, -0.2) is 0 Å². The van der Waals surface area contributed by atoms with Crippen molar-refractivity contribution in [2.24, 2.45) is 0 Å². The van der Waals surface area contributed by atoms with Crippen molar-refractivity contribution < 1.29 is 0 Å². The normalized spacial score (nSPS) is 20.1. The van der Waals surface area contributed by atoms with Gasteiger partial charge in [-0.1, -0.05) is 13.3 Å². The van der Waals surface area contributed by atoms with E-state index in [0.29, 0.717) is 6.04 Å². The highest BCUT2D eigenvalue weighted by Crippen LogP contribution is 2.27. The first-order valence-electron chi connectivity index (χ1n) is 8.33. The van der Waals surface area contributed by atoms with Gasteiger partial charge in [0.05, 0.1) is 15.9 Å². The fourth-order valence-corrected chi connectivity index (χ4v) is 3.96. The number of likely N-dealkylation sites (tertiary alicyclic amines) is 1. The van der Waals surface area contributed by atoms with Crippen LogP contribution in [0, 0.1) is 0 Å². The molecule has 120 valence electrons. The van der Waals surface area contributed by atoms with Crippen LogP contribution in [0.5, 0.6) is 0 Å². The van der Waals surface area contributed by atoms with Gasteiger partial charge in [0.1, 0.15) is 0 Å². The van der Waals surface area contributed by atoms with Crippen molar-refractivity contribution in [3.05, 3.63) is 15.9 Å². The Labute approximate surface area is 137 Å². The predicted octanol–water partition coefficient (Wildman–Crippen LogP) is 3.19. The lowest BCUT2D eigenvalue weighted by atomic mass is 9.99. The number of hydrogen-bond donors (Lipinski definition) is 1. The average molecular weight is 357 g/mol. The van der Waals surface area contributed by atoms with E-state index < -0.39 is 0 Å². The van der Waals surface area contributed by atoms with Gasteiger partial charge < -0.3 is 5.32 Å². The van der Waals surface area contributed by atoms with Crippen LogP contribution in [0.1, 0.15) is 50.9 Å². The summed E-state index contributed by atoms with van der Waals surface area (Å²) in [5, 5.41) is 8.02. The van der Waals surface area contributed by atoms with E-state index in [9.17, 15) is 0 Å². The number of hydrogen-bond acceptors (Lipinski definition) is 3. The molecular weight excluding hydrogens is 328 g/mol. The minimum absolute atomic E-state index is 0.711. The van der Waals surface area contributed by atoms with Crippen LogP contribution in [0.4, 0.5) is 0 Å². The fourth-order valence-electron chi connectivity index (χ4n) is 3.27. The molecule has 2 heterocycles. The predicted molar refractivity (Wildman–Crippen MR) is 91.6 cm³/mol. The number of nitrogens with zero attached hydrogens (tertiary/aromatic N) is 3. The van der Waals surface area contributed by atoms with Crippen LogP contribution in [0.2, 0.25) is 0 Å². The Morgan fingerprint density at radius 2 is 2.14 bits per heavy atom. The van der Waals surface area contributed by atoms with Crippen molar-refractivity contribution in [1.82, 2.24) is 20.0 Å². The molecule has 1 fully saturated rings. The summed E-state index contributed by atoms with van der Waals surface area (Å²) in [6.45, 7) is 8.65. The van der Waals surface area contributed by atoms with Gasteiger partial charge in [-0.2, -0.15) is 5.10 Å². The molecular formula is C16H29BrN4. The molecule has 0 spiro atoms. The second-order valence-electron chi connectivity index (χ2n) is 5.89. The third kappa shape index (κ3) is 4.08. The number of rotatable bonds is 7. The van der Waals surface area contributed by atoms with Crippen LogP contribution < -0.4 is 5.32 Å². The maximum atomic E-state index is 4.73. The third-order valence-electron chi connectivity index (χ3n) is 4.52. The van der Waals surface area contributed by atoms with E-state index in [0.717, 1.165) is 26.1 Å². The quantitative estimate of drug-likeness (QED) is 0.814. The van der Waals surface area contributed by atoms with Crippen LogP contribution in [0.3, 0.4) is 0 Å². The lowest BCUT2D eigenvalue weighted by Gasteiger charge is -2.36. The molecule has 21 heavy (non-hydrogen) atoms. The molecule has 1 N–H and O–H groups in total. The minimum atomic E-state index is 0.711. The van der Waals surface area contributed by atoms with Crippen molar-refractivity contribution >= 4 is 15.9 Å². The lowest BCUT2D eigenvalue weighted by molar-refractivity contribution is 0.128. The van der Waals surface area contributed by atoms with E-state index in [2.05, 4.69) is 44.7 Å². The number of aryl methyl sites for hydroxylation is 2. The van der Waals surface area contributed by atoms with E-state index in [-0.39, 0.29) is 0 Å². The average Bonchev–Trinajstić information content (AvgIpc) is 2.82. The monoisotopic (exact) mass is 356 g/mol. The second kappa shape index (κ2) is 8.30. The zero-order chi connectivity index (χ0) is 15.2. The van der Waals surface area contributed by atoms with Crippen molar-refractivity contribution in [3.63, 3.8) is 0 Å². The zero-order valence-electron chi connectivity index (χ0n) is 13.7. The van der Waals surface area contributed by atoms with Crippen LogP contribution in [0.25, 0.3) is 0 Å². The molecule has 1 aromatic rings. The molecule has 0 aliphatic carbocycles. The van der Waals surface area contributed by atoms with Gasteiger partial charge in [-0.15, -0.1) is 0 Å². The maximum Gasteiger partial charge on any atom is 0.0767 e. The van der Waals surface area contributed by atoms with E-state index in [1.54, 1.807) is 0 Å². The lowest BCUT2D eigenvalue weighted by Crippen LogP contribution is -2.40. The molecule has 0 saturated carbocycles. The molecule has 1 unspecified atom stereocenters. The van der Waals surface area contributed by atoms with Crippen LogP contribution in [-0.2, 0) is 19.5 Å². The fraction of sp³-hybridized carbons (Fsp3) is 0.812. The van der Waals surface area contributed by atoms with Crippen molar-refractivity contribution in [3.8, 4) is 0 Å². The molecule has 0 amide bonds. The Balaban J connectivity index is 2.12. The Morgan fingerprint density at radius 3 is 2.81 bits per heavy atom. The van der Waals surface area contributed by atoms with Crippen LogP contribution in [-0.4, -0.2) is 40.9 Å². The largest absolute Gasteiger partial charge is 0.320 e. The van der Waals surface area contributed by atoms with Gasteiger partial charge in [0, 0.05) is 19.1 Å². The van der Waals surface area contributed by atoms with E-state index in [1.807, 2.05) is 7.05 Å². The molecule has 1 aliphatic rings. The first kappa shape index (κ1) is 17.0. The van der Waals surface area contributed by atoms with Gasteiger partial charge >= 0.3 is 0 Å². The first-order chi connectivity index (χ1) is 10.2. The Kier molecular flexibility index (Phi) is 6.71. The Morgan fingerprint density at radius 1 is 1.33 bits per heavy atom. The highest BCUT2D eigenvalue weighted by molar-refractivity contribution is 9.10. The molecule has 1 atom stereocenters. The van der Waals surface area contributed by atoms with Gasteiger partial charge in [0.25, 0.3) is 0 Å². The van der Waals surface area contributed by atoms with Gasteiger partial charge in [-0.05, 0) is 68.7 Å². The number of piperidine rings is 1. The summed E-state index contributed by atoms with van der Waals surface area (Å²) in [5.74, 6) is 0. The second-order valence-corrected chi connectivity index (χ2v) is 6.68. The standard InChI is InChI=1S/C16H29BrN4/c1-4-14-16(17)15(21(5-2)19-14)12-20-11-7-6-8-13(20)9-10-18-3/h13,18H,4-12H2,1-3H3. The van der Waals surface area contributed by atoms with Crippen molar-refractivity contribution in [1.29, 1.82) is 0 Å². The summed E-state index contributed by atoms with van der Waals surface area (Å²) in [7, 11) is 2.05. The molecule has 1 saturated heterocycles. The Hall–Kier alpha value is -0.390. The van der Waals surface area contributed by atoms with Crippen molar-refractivity contribution in [2.75, 3.05) is 20.1 Å². The molecule has 0 aromatic carbocycles.